The summed E-state index contributed by atoms with van der Waals surface area (Å²) in [4.78, 5) is 25.9. The van der Waals surface area contributed by atoms with Crippen molar-refractivity contribution in [3.63, 3.8) is 0 Å². The molecule has 1 aromatic heterocycles. The number of hydrogen-bond donors (Lipinski definition) is 2. The van der Waals surface area contributed by atoms with Crippen molar-refractivity contribution in [2.75, 3.05) is 18.4 Å². The molecule has 1 aliphatic heterocycles. The van der Waals surface area contributed by atoms with E-state index in [1.54, 1.807) is 11.9 Å². The Morgan fingerprint density at radius 2 is 2.29 bits per heavy atom. The Labute approximate surface area is 122 Å². The Hall–Kier alpha value is -2.19. The van der Waals surface area contributed by atoms with Crippen LogP contribution in [0.15, 0.2) is 0 Å². The summed E-state index contributed by atoms with van der Waals surface area (Å²) in [5, 5.41) is 22.7. The standard InChI is InChI=1S/C12H20N6O3/c1-8(6-10(19)20)9-4-3-5-18(7-9)12(21)13-11-14-16-17(2)15-11/h8-9H,3-7H2,1-2H3,(H,19,20)(H,13,15,21). The van der Waals surface area contributed by atoms with Gasteiger partial charge in [0.15, 0.2) is 0 Å². The second-order valence-electron chi connectivity index (χ2n) is 5.46. The molecule has 0 radical (unpaired) electrons. The van der Waals surface area contributed by atoms with Crippen molar-refractivity contribution in [1.82, 2.24) is 25.1 Å². The minimum atomic E-state index is -0.798. The number of hydrogen-bond acceptors (Lipinski definition) is 5. The maximum atomic E-state index is 12.1. The van der Waals surface area contributed by atoms with E-state index in [1.807, 2.05) is 6.92 Å². The number of tetrazole rings is 1. The number of aromatic nitrogens is 4. The zero-order chi connectivity index (χ0) is 15.4. The fraction of sp³-hybridized carbons (Fsp3) is 0.750. The van der Waals surface area contributed by atoms with Crippen LogP contribution in [0.3, 0.4) is 0 Å². The SMILES string of the molecule is CC(CC(=O)O)C1CCCN(C(=O)Nc2nnn(C)n2)C1. The number of piperidine rings is 1. The van der Waals surface area contributed by atoms with Crippen LogP contribution in [0.5, 0.6) is 0 Å². The number of amides is 2. The van der Waals surface area contributed by atoms with Gasteiger partial charge in [0, 0.05) is 19.5 Å². The van der Waals surface area contributed by atoms with Crippen LogP contribution in [0.4, 0.5) is 10.7 Å². The fourth-order valence-electron chi connectivity index (χ4n) is 2.61. The zero-order valence-corrected chi connectivity index (χ0v) is 12.2. The van der Waals surface area contributed by atoms with E-state index in [0.717, 1.165) is 12.8 Å². The molecular weight excluding hydrogens is 276 g/mol. The predicted molar refractivity (Wildman–Crippen MR) is 73.5 cm³/mol. The molecule has 0 spiro atoms. The van der Waals surface area contributed by atoms with Crippen molar-refractivity contribution in [3.05, 3.63) is 0 Å². The van der Waals surface area contributed by atoms with E-state index in [0.29, 0.717) is 13.1 Å². The highest BCUT2D eigenvalue weighted by molar-refractivity contribution is 5.87. The van der Waals surface area contributed by atoms with Gasteiger partial charge < -0.3 is 10.0 Å². The molecule has 1 aliphatic rings. The van der Waals surface area contributed by atoms with Crippen molar-refractivity contribution in [3.8, 4) is 0 Å². The number of aliphatic carboxylic acids is 1. The highest BCUT2D eigenvalue weighted by Gasteiger charge is 2.28. The number of rotatable bonds is 4. The topological polar surface area (TPSA) is 113 Å². The Kier molecular flexibility index (Phi) is 4.71. The summed E-state index contributed by atoms with van der Waals surface area (Å²) >= 11 is 0. The monoisotopic (exact) mass is 296 g/mol. The average Bonchev–Trinajstić information content (AvgIpc) is 2.83. The number of carboxylic acid groups (broad SMARTS) is 1. The number of urea groups is 1. The number of nitrogens with zero attached hydrogens (tertiary/aromatic N) is 5. The molecule has 2 rings (SSSR count). The molecule has 1 aromatic rings. The molecule has 1 saturated heterocycles. The first-order chi connectivity index (χ1) is 9.95. The molecule has 2 unspecified atom stereocenters. The molecule has 0 bridgehead atoms. The number of nitrogens with one attached hydrogen (secondary N) is 1. The molecule has 0 aromatic carbocycles. The van der Waals surface area contributed by atoms with Crippen LogP contribution in [-0.4, -0.2) is 55.3 Å². The summed E-state index contributed by atoms with van der Waals surface area (Å²) in [6.45, 7) is 3.13. The maximum absolute atomic E-state index is 12.1. The van der Waals surface area contributed by atoms with Crippen molar-refractivity contribution < 1.29 is 14.7 Å². The third-order valence-corrected chi connectivity index (χ3v) is 3.77. The highest BCUT2D eigenvalue weighted by Crippen LogP contribution is 2.26. The van der Waals surface area contributed by atoms with Crippen LogP contribution in [-0.2, 0) is 11.8 Å². The first kappa shape index (κ1) is 15.2. The van der Waals surface area contributed by atoms with Gasteiger partial charge in [-0.25, -0.2) is 4.79 Å². The molecular formula is C12H20N6O3. The van der Waals surface area contributed by atoms with Crippen LogP contribution >= 0.6 is 0 Å². The summed E-state index contributed by atoms with van der Waals surface area (Å²) in [6, 6.07) is -0.268. The molecule has 21 heavy (non-hydrogen) atoms. The number of carboxylic acids is 1. The van der Waals surface area contributed by atoms with Crippen molar-refractivity contribution in [2.45, 2.75) is 26.2 Å². The molecule has 116 valence electrons. The van der Waals surface area contributed by atoms with E-state index in [1.165, 1.54) is 4.80 Å². The second-order valence-corrected chi connectivity index (χ2v) is 5.46. The summed E-state index contributed by atoms with van der Waals surface area (Å²) in [5.41, 5.74) is 0. The van der Waals surface area contributed by atoms with Crippen LogP contribution in [0.25, 0.3) is 0 Å². The third-order valence-electron chi connectivity index (χ3n) is 3.77. The second kappa shape index (κ2) is 6.51. The molecule has 9 nitrogen and oxygen atoms in total. The van der Waals surface area contributed by atoms with Crippen molar-refractivity contribution in [1.29, 1.82) is 0 Å². The van der Waals surface area contributed by atoms with Gasteiger partial charge in [-0.1, -0.05) is 12.0 Å². The Morgan fingerprint density at radius 1 is 1.52 bits per heavy atom. The van der Waals surface area contributed by atoms with Gasteiger partial charge >= 0.3 is 12.0 Å². The Morgan fingerprint density at radius 3 is 2.90 bits per heavy atom. The Balaban J connectivity index is 1.90. The quantitative estimate of drug-likeness (QED) is 0.839. The van der Waals surface area contributed by atoms with E-state index in [2.05, 4.69) is 20.7 Å². The molecule has 9 heteroatoms. The van der Waals surface area contributed by atoms with Crippen LogP contribution < -0.4 is 5.32 Å². The summed E-state index contributed by atoms with van der Waals surface area (Å²) in [7, 11) is 1.62. The zero-order valence-electron chi connectivity index (χ0n) is 12.2. The van der Waals surface area contributed by atoms with E-state index >= 15 is 0 Å². The summed E-state index contributed by atoms with van der Waals surface area (Å²) < 4.78 is 0. The van der Waals surface area contributed by atoms with E-state index < -0.39 is 5.97 Å². The number of anilines is 1. The minimum Gasteiger partial charge on any atom is -0.481 e. The molecule has 0 saturated carbocycles. The van der Waals surface area contributed by atoms with Crippen LogP contribution in [0.1, 0.15) is 26.2 Å². The molecule has 2 amide bonds. The molecule has 2 N–H and O–H groups in total. The normalized spacial score (nSPS) is 20.1. The van der Waals surface area contributed by atoms with Gasteiger partial charge in [0.25, 0.3) is 5.95 Å². The smallest absolute Gasteiger partial charge is 0.324 e. The van der Waals surface area contributed by atoms with Gasteiger partial charge in [-0.05, 0) is 29.9 Å². The number of carbonyl (C=O) groups is 2. The largest absolute Gasteiger partial charge is 0.481 e. The maximum Gasteiger partial charge on any atom is 0.324 e. The van der Waals surface area contributed by atoms with Gasteiger partial charge in [0.05, 0.1) is 7.05 Å². The first-order valence-corrected chi connectivity index (χ1v) is 6.97. The molecule has 1 fully saturated rings. The lowest BCUT2D eigenvalue weighted by Gasteiger charge is -2.35. The molecule has 2 heterocycles. The highest BCUT2D eigenvalue weighted by atomic mass is 16.4. The van der Waals surface area contributed by atoms with E-state index in [9.17, 15) is 9.59 Å². The summed E-state index contributed by atoms with van der Waals surface area (Å²) in [6.07, 6.45) is 1.95. The minimum absolute atomic E-state index is 0.0488. The first-order valence-electron chi connectivity index (χ1n) is 6.97. The van der Waals surface area contributed by atoms with Gasteiger partial charge in [-0.3, -0.25) is 10.1 Å². The molecule has 2 atom stereocenters. The number of likely N-dealkylation sites (tertiary alicyclic amines) is 1. The van der Waals surface area contributed by atoms with Gasteiger partial charge in [-0.15, -0.1) is 5.10 Å². The van der Waals surface area contributed by atoms with Gasteiger partial charge in [0.2, 0.25) is 0 Å². The molecule has 0 aliphatic carbocycles. The van der Waals surface area contributed by atoms with E-state index in [-0.39, 0.29) is 30.2 Å². The van der Waals surface area contributed by atoms with E-state index in [4.69, 9.17) is 5.11 Å². The lowest BCUT2D eigenvalue weighted by atomic mass is 9.85. The summed E-state index contributed by atoms with van der Waals surface area (Å²) in [5.74, 6) is -0.376. The fourth-order valence-corrected chi connectivity index (χ4v) is 2.61. The average molecular weight is 296 g/mol. The van der Waals surface area contributed by atoms with Gasteiger partial charge in [-0.2, -0.15) is 4.80 Å². The lowest BCUT2D eigenvalue weighted by Crippen LogP contribution is -2.44. The Bertz CT molecular complexity index is 517. The van der Waals surface area contributed by atoms with Crippen LogP contribution in [0, 0.1) is 11.8 Å². The van der Waals surface area contributed by atoms with Crippen molar-refractivity contribution in [2.24, 2.45) is 18.9 Å². The van der Waals surface area contributed by atoms with Gasteiger partial charge in [0.1, 0.15) is 0 Å². The number of aryl methyl sites for hydroxylation is 1. The van der Waals surface area contributed by atoms with Crippen LogP contribution in [0.2, 0.25) is 0 Å². The lowest BCUT2D eigenvalue weighted by molar-refractivity contribution is -0.138. The number of carbonyl (C=O) groups excluding carboxylic acids is 1. The third kappa shape index (κ3) is 4.14. The van der Waals surface area contributed by atoms with Crippen molar-refractivity contribution >= 4 is 17.9 Å². The predicted octanol–water partition coefficient (Wildman–Crippen LogP) is 0.565.